The third-order valence-corrected chi connectivity index (χ3v) is 6.77. The minimum absolute atomic E-state index is 0.155. The number of nitrogens with one attached hydrogen (secondary N) is 1. The molecular weight excluding hydrogens is 312 g/mol. The molecule has 6 heteroatoms. The van der Waals surface area contributed by atoms with Crippen molar-refractivity contribution in [2.75, 3.05) is 19.6 Å². The standard InChI is InChI=1S/C17H28N2O3S/c1-8-18-16(20)10-19(9-2)23(21,22)17-14(6)12(4)11(3)13(5)15(17)7/h8-10H2,1-7H3,(H,18,20). The van der Waals surface area contributed by atoms with E-state index in [1.807, 2.05) is 41.5 Å². The fourth-order valence-corrected chi connectivity index (χ4v) is 4.73. The van der Waals surface area contributed by atoms with Crippen molar-refractivity contribution >= 4 is 15.9 Å². The molecule has 0 aliphatic heterocycles. The van der Waals surface area contributed by atoms with Crippen LogP contribution in [0.2, 0.25) is 0 Å². The van der Waals surface area contributed by atoms with Crippen LogP contribution in [0, 0.1) is 34.6 Å². The molecule has 0 saturated carbocycles. The molecule has 0 aliphatic carbocycles. The Kier molecular flexibility index (Phi) is 6.36. The van der Waals surface area contributed by atoms with Crippen LogP contribution in [-0.2, 0) is 14.8 Å². The van der Waals surface area contributed by atoms with E-state index in [2.05, 4.69) is 5.32 Å². The van der Waals surface area contributed by atoms with Crippen molar-refractivity contribution in [3.05, 3.63) is 27.8 Å². The van der Waals surface area contributed by atoms with Crippen molar-refractivity contribution in [3.63, 3.8) is 0 Å². The van der Waals surface area contributed by atoms with E-state index in [4.69, 9.17) is 0 Å². The first-order valence-corrected chi connectivity index (χ1v) is 9.37. The van der Waals surface area contributed by atoms with E-state index in [1.165, 1.54) is 4.31 Å². The van der Waals surface area contributed by atoms with E-state index >= 15 is 0 Å². The molecule has 5 nitrogen and oxygen atoms in total. The number of rotatable bonds is 6. The third kappa shape index (κ3) is 3.75. The number of nitrogens with zero attached hydrogens (tertiary/aromatic N) is 1. The summed E-state index contributed by atoms with van der Waals surface area (Å²) in [4.78, 5) is 12.2. The molecule has 0 spiro atoms. The number of sulfonamides is 1. The molecule has 0 atom stereocenters. The Hall–Kier alpha value is -1.40. The number of carbonyl (C=O) groups excluding carboxylic acids is 1. The van der Waals surface area contributed by atoms with E-state index in [1.54, 1.807) is 6.92 Å². The van der Waals surface area contributed by atoms with Gasteiger partial charge in [0.1, 0.15) is 0 Å². The first kappa shape index (κ1) is 19.6. The smallest absolute Gasteiger partial charge is 0.244 e. The second-order valence-electron chi connectivity index (χ2n) is 5.84. The maximum Gasteiger partial charge on any atom is 0.244 e. The first-order valence-electron chi connectivity index (χ1n) is 7.93. The summed E-state index contributed by atoms with van der Waals surface area (Å²) in [6.07, 6.45) is 0. The van der Waals surface area contributed by atoms with Crippen LogP contribution in [0.4, 0.5) is 0 Å². The summed E-state index contributed by atoms with van der Waals surface area (Å²) >= 11 is 0. The predicted molar refractivity (Wildman–Crippen MR) is 93.2 cm³/mol. The average molecular weight is 340 g/mol. The Morgan fingerprint density at radius 1 is 0.913 bits per heavy atom. The largest absolute Gasteiger partial charge is 0.355 e. The second kappa shape index (κ2) is 7.45. The summed E-state index contributed by atoms with van der Waals surface area (Å²) in [5.41, 5.74) is 4.62. The van der Waals surface area contributed by atoms with Gasteiger partial charge in [0.25, 0.3) is 0 Å². The van der Waals surface area contributed by atoms with Crippen LogP contribution >= 0.6 is 0 Å². The number of hydrogen-bond acceptors (Lipinski definition) is 3. The lowest BCUT2D eigenvalue weighted by Crippen LogP contribution is -2.41. The number of benzene rings is 1. The van der Waals surface area contributed by atoms with Crippen LogP contribution in [-0.4, -0.2) is 38.3 Å². The highest BCUT2D eigenvalue weighted by atomic mass is 32.2. The van der Waals surface area contributed by atoms with E-state index in [0.29, 0.717) is 11.4 Å². The highest BCUT2D eigenvalue weighted by Gasteiger charge is 2.30. The van der Waals surface area contributed by atoms with Crippen molar-refractivity contribution in [3.8, 4) is 0 Å². The molecule has 0 saturated heterocycles. The van der Waals surface area contributed by atoms with Gasteiger partial charge in [-0.05, 0) is 69.4 Å². The van der Waals surface area contributed by atoms with Crippen LogP contribution in [0.3, 0.4) is 0 Å². The minimum Gasteiger partial charge on any atom is -0.355 e. The van der Waals surface area contributed by atoms with E-state index in [0.717, 1.165) is 27.8 Å². The molecule has 1 aromatic rings. The molecule has 23 heavy (non-hydrogen) atoms. The van der Waals surface area contributed by atoms with E-state index in [-0.39, 0.29) is 19.0 Å². The maximum absolute atomic E-state index is 13.1. The highest BCUT2D eigenvalue weighted by Crippen LogP contribution is 2.31. The fraction of sp³-hybridized carbons (Fsp3) is 0.588. The summed E-state index contributed by atoms with van der Waals surface area (Å²) < 4.78 is 27.5. The van der Waals surface area contributed by atoms with Gasteiger partial charge in [-0.2, -0.15) is 4.31 Å². The first-order chi connectivity index (χ1) is 10.6. The van der Waals surface area contributed by atoms with Gasteiger partial charge in [-0.3, -0.25) is 4.79 Å². The Morgan fingerprint density at radius 2 is 1.35 bits per heavy atom. The van der Waals surface area contributed by atoms with Gasteiger partial charge in [0.2, 0.25) is 15.9 Å². The molecule has 1 amide bonds. The molecule has 1 aromatic carbocycles. The normalized spacial score (nSPS) is 11.8. The molecular formula is C17H28N2O3S. The molecule has 130 valence electrons. The molecule has 0 aliphatic rings. The zero-order chi connectivity index (χ0) is 17.9. The minimum atomic E-state index is -3.72. The van der Waals surface area contributed by atoms with E-state index < -0.39 is 10.0 Å². The summed E-state index contributed by atoms with van der Waals surface area (Å²) in [5.74, 6) is -0.284. The lowest BCUT2D eigenvalue weighted by molar-refractivity contribution is -0.121. The zero-order valence-electron chi connectivity index (χ0n) is 15.2. The lowest BCUT2D eigenvalue weighted by atomic mass is 9.95. The summed E-state index contributed by atoms with van der Waals surface area (Å²) in [7, 11) is -3.72. The van der Waals surface area contributed by atoms with Gasteiger partial charge in [0, 0.05) is 13.1 Å². The van der Waals surface area contributed by atoms with Gasteiger partial charge in [0.15, 0.2) is 0 Å². The van der Waals surface area contributed by atoms with E-state index in [9.17, 15) is 13.2 Å². The van der Waals surface area contributed by atoms with Crippen LogP contribution in [0.25, 0.3) is 0 Å². The van der Waals surface area contributed by atoms with Crippen molar-refractivity contribution in [1.82, 2.24) is 9.62 Å². The van der Waals surface area contributed by atoms with Crippen LogP contribution in [0.15, 0.2) is 4.90 Å². The van der Waals surface area contributed by atoms with Crippen molar-refractivity contribution in [2.45, 2.75) is 53.4 Å². The predicted octanol–water partition coefficient (Wildman–Crippen LogP) is 2.38. The van der Waals surface area contributed by atoms with Gasteiger partial charge in [-0.25, -0.2) is 8.42 Å². The van der Waals surface area contributed by atoms with Gasteiger partial charge in [-0.15, -0.1) is 0 Å². The molecule has 0 heterocycles. The molecule has 0 unspecified atom stereocenters. The Morgan fingerprint density at radius 3 is 1.74 bits per heavy atom. The monoisotopic (exact) mass is 340 g/mol. The Labute approximate surface area is 140 Å². The van der Waals surface area contributed by atoms with Gasteiger partial charge >= 0.3 is 0 Å². The Balaban J connectivity index is 3.46. The van der Waals surface area contributed by atoms with Crippen LogP contribution in [0.1, 0.15) is 41.7 Å². The highest BCUT2D eigenvalue weighted by molar-refractivity contribution is 7.89. The molecule has 0 radical (unpaired) electrons. The number of amides is 1. The summed E-state index contributed by atoms with van der Waals surface area (Å²) in [6.45, 7) is 13.7. The van der Waals surface area contributed by atoms with Gasteiger partial charge < -0.3 is 5.32 Å². The topological polar surface area (TPSA) is 66.5 Å². The third-order valence-electron chi connectivity index (χ3n) is 4.58. The second-order valence-corrected chi connectivity index (χ2v) is 7.71. The molecule has 0 fully saturated rings. The molecule has 1 N–H and O–H groups in total. The SMILES string of the molecule is CCNC(=O)CN(CC)S(=O)(=O)c1c(C)c(C)c(C)c(C)c1C. The van der Waals surface area contributed by atoms with Gasteiger partial charge in [-0.1, -0.05) is 6.92 Å². The molecule has 0 aromatic heterocycles. The number of likely N-dealkylation sites (N-methyl/N-ethyl adjacent to an activating group) is 2. The average Bonchev–Trinajstić information content (AvgIpc) is 2.48. The maximum atomic E-state index is 13.1. The van der Waals surface area contributed by atoms with Crippen molar-refractivity contribution < 1.29 is 13.2 Å². The van der Waals surface area contributed by atoms with Crippen LogP contribution < -0.4 is 5.32 Å². The fourth-order valence-electron chi connectivity index (χ4n) is 2.76. The lowest BCUT2D eigenvalue weighted by Gasteiger charge is -2.25. The molecule has 1 rings (SSSR count). The van der Waals surface area contributed by atoms with Crippen LogP contribution in [0.5, 0.6) is 0 Å². The molecule has 0 bridgehead atoms. The van der Waals surface area contributed by atoms with Crippen molar-refractivity contribution in [2.24, 2.45) is 0 Å². The quantitative estimate of drug-likeness (QED) is 0.864. The Bertz CT molecular complexity index is 680. The van der Waals surface area contributed by atoms with Gasteiger partial charge in [0.05, 0.1) is 11.4 Å². The summed E-state index contributed by atoms with van der Waals surface area (Å²) in [6, 6.07) is 0. The zero-order valence-corrected chi connectivity index (χ0v) is 16.0. The van der Waals surface area contributed by atoms with Crippen molar-refractivity contribution in [1.29, 1.82) is 0 Å². The number of carbonyl (C=O) groups is 1. The number of hydrogen-bond donors (Lipinski definition) is 1. The summed E-state index contributed by atoms with van der Waals surface area (Å²) in [5, 5.41) is 2.65.